The maximum absolute atomic E-state index is 5.66. The summed E-state index contributed by atoms with van der Waals surface area (Å²) in [6, 6.07) is 0. The topological polar surface area (TPSA) is 42.5 Å². The van der Waals surface area contributed by atoms with Gasteiger partial charge in [0.25, 0.3) is 0 Å². The summed E-state index contributed by atoms with van der Waals surface area (Å²) >= 11 is 11.2. The van der Waals surface area contributed by atoms with Gasteiger partial charge in [0.05, 0.1) is 19.8 Å². The van der Waals surface area contributed by atoms with E-state index < -0.39 is 0 Å². The molecule has 0 aromatic heterocycles. The quantitative estimate of drug-likeness (QED) is 0.267. The largest absolute Gasteiger partial charge is 0.379 e. The lowest BCUT2D eigenvalue weighted by atomic mass is 9.53. The van der Waals surface area contributed by atoms with Crippen LogP contribution in [-0.2, 0) is 9.47 Å². The highest BCUT2D eigenvalue weighted by Crippen LogP contribution is 2.55. The van der Waals surface area contributed by atoms with Gasteiger partial charge in [-0.3, -0.25) is 0 Å². The zero-order valence-electron chi connectivity index (χ0n) is 16.6. The molecule has 0 spiro atoms. The molecule has 0 unspecified atom stereocenters. The van der Waals surface area contributed by atoms with Crippen LogP contribution < -0.4 is 10.6 Å². The number of rotatable bonds is 13. The average molecular weight is 417 g/mol. The van der Waals surface area contributed by atoms with Crippen molar-refractivity contribution in [3.63, 3.8) is 0 Å². The Hall–Kier alpha value is -0.100. The van der Waals surface area contributed by atoms with Crippen LogP contribution in [0.3, 0.4) is 0 Å². The summed E-state index contributed by atoms with van der Waals surface area (Å²) in [6.45, 7) is 3.57. The molecule has 0 heterocycles. The second-order valence-corrected chi connectivity index (χ2v) is 9.69. The van der Waals surface area contributed by atoms with Crippen molar-refractivity contribution in [2.75, 3.05) is 38.9 Å². The first-order valence-electron chi connectivity index (χ1n) is 11.0. The third-order valence-corrected chi connectivity index (χ3v) is 7.01. The molecule has 0 atom stereocenters. The SMILES string of the molecule is S=C(NCCOCCOCCCCCCCl)NC12CC3CC(CC(C3)C1)C2. The minimum Gasteiger partial charge on any atom is -0.379 e. The van der Waals surface area contributed by atoms with Crippen LogP contribution in [-0.4, -0.2) is 49.5 Å². The first-order chi connectivity index (χ1) is 13.2. The second kappa shape index (κ2) is 11.2. The lowest BCUT2D eigenvalue weighted by Gasteiger charge is -2.57. The normalized spacial score (nSPS) is 31.2. The van der Waals surface area contributed by atoms with Crippen molar-refractivity contribution in [1.82, 2.24) is 10.6 Å². The molecule has 4 aliphatic rings. The van der Waals surface area contributed by atoms with E-state index in [-0.39, 0.29) is 5.54 Å². The summed E-state index contributed by atoms with van der Waals surface area (Å²) < 4.78 is 11.2. The third kappa shape index (κ3) is 7.02. The van der Waals surface area contributed by atoms with Crippen LogP contribution in [0.15, 0.2) is 0 Å². The van der Waals surface area contributed by atoms with Crippen molar-refractivity contribution in [3.8, 4) is 0 Å². The highest BCUT2D eigenvalue weighted by molar-refractivity contribution is 7.80. The van der Waals surface area contributed by atoms with Gasteiger partial charge in [0.1, 0.15) is 0 Å². The Morgan fingerprint density at radius 1 is 0.852 bits per heavy atom. The fraction of sp³-hybridized carbons (Fsp3) is 0.952. The van der Waals surface area contributed by atoms with E-state index in [1.54, 1.807) is 0 Å². The summed E-state index contributed by atoms with van der Waals surface area (Å²) in [4.78, 5) is 0. The molecular formula is C21H37ClN2O2S. The Morgan fingerprint density at radius 3 is 2.07 bits per heavy atom. The molecule has 0 radical (unpaired) electrons. The summed E-state index contributed by atoms with van der Waals surface area (Å²) in [5.74, 6) is 3.59. The van der Waals surface area contributed by atoms with E-state index in [0.29, 0.717) is 19.8 Å². The zero-order chi connectivity index (χ0) is 19.0. The molecule has 0 aromatic carbocycles. The molecule has 0 saturated heterocycles. The van der Waals surface area contributed by atoms with Crippen LogP contribution in [0, 0.1) is 17.8 Å². The van der Waals surface area contributed by atoms with Gasteiger partial charge in [-0.15, -0.1) is 11.6 Å². The van der Waals surface area contributed by atoms with Crippen molar-refractivity contribution in [2.45, 2.75) is 69.7 Å². The summed E-state index contributed by atoms with van der Waals surface area (Å²) in [5, 5.41) is 7.84. The number of hydrogen-bond donors (Lipinski definition) is 2. The molecule has 0 aromatic rings. The molecule has 6 heteroatoms. The van der Waals surface area contributed by atoms with Crippen LogP contribution in [0.25, 0.3) is 0 Å². The van der Waals surface area contributed by atoms with Crippen LogP contribution in [0.4, 0.5) is 0 Å². The number of thiocarbonyl (C=S) groups is 1. The van der Waals surface area contributed by atoms with E-state index >= 15 is 0 Å². The van der Waals surface area contributed by atoms with Crippen molar-refractivity contribution in [1.29, 1.82) is 0 Å². The molecule has 156 valence electrons. The Labute approximate surface area is 175 Å². The Balaban J connectivity index is 1.16. The lowest BCUT2D eigenvalue weighted by Crippen LogP contribution is -2.61. The first-order valence-corrected chi connectivity index (χ1v) is 11.9. The van der Waals surface area contributed by atoms with Crippen LogP contribution in [0.1, 0.15) is 64.2 Å². The third-order valence-electron chi connectivity index (χ3n) is 6.49. The van der Waals surface area contributed by atoms with Crippen LogP contribution in [0.5, 0.6) is 0 Å². The van der Waals surface area contributed by atoms with Crippen molar-refractivity contribution in [2.24, 2.45) is 17.8 Å². The molecule has 27 heavy (non-hydrogen) atoms. The lowest BCUT2D eigenvalue weighted by molar-refractivity contribution is -0.0102. The number of ether oxygens (including phenoxy) is 2. The molecule has 4 rings (SSSR count). The molecule has 4 fully saturated rings. The van der Waals surface area contributed by atoms with Gasteiger partial charge in [-0.05, 0) is 81.3 Å². The van der Waals surface area contributed by atoms with E-state index in [1.165, 1.54) is 51.4 Å². The number of unbranched alkanes of at least 4 members (excludes halogenated alkanes) is 3. The minimum atomic E-state index is 0.289. The standard InChI is InChI=1S/C21H37ClN2O2S/c22-5-3-1-2-4-7-25-9-10-26-8-6-23-20(27)24-21-14-17-11-18(15-21)13-19(12-17)16-21/h17-19H,1-16H2,(H2,23,24,27). The van der Waals surface area contributed by atoms with Gasteiger partial charge < -0.3 is 20.1 Å². The first kappa shape index (κ1) is 21.6. The number of hydrogen-bond acceptors (Lipinski definition) is 3. The zero-order valence-corrected chi connectivity index (χ0v) is 18.2. The highest BCUT2D eigenvalue weighted by atomic mass is 35.5. The molecule has 4 saturated carbocycles. The summed E-state index contributed by atoms with van der Waals surface area (Å²) in [7, 11) is 0. The molecule has 4 nitrogen and oxygen atoms in total. The van der Waals surface area contributed by atoms with Crippen LogP contribution >= 0.6 is 23.8 Å². The van der Waals surface area contributed by atoms with Gasteiger partial charge >= 0.3 is 0 Å². The van der Waals surface area contributed by atoms with Gasteiger partial charge in [-0.25, -0.2) is 0 Å². The maximum atomic E-state index is 5.66. The predicted octanol–water partition coefficient (Wildman–Crippen LogP) is 4.25. The molecule has 4 aliphatic carbocycles. The summed E-state index contributed by atoms with van der Waals surface area (Å²) in [5.41, 5.74) is 0.289. The number of nitrogens with one attached hydrogen (secondary N) is 2. The van der Waals surface area contributed by atoms with Gasteiger partial charge in [-0.2, -0.15) is 0 Å². The monoisotopic (exact) mass is 416 g/mol. The molecular weight excluding hydrogens is 380 g/mol. The predicted molar refractivity (Wildman–Crippen MR) is 115 cm³/mol. The van der Waals surface area contributed by atoms with Crippen molar-refractivity contribution < 1.29 is 9.47 Å². The number of halogens is 1. The maximum Gasteiger partial charge on any atom is 0.166 e. The Kier molecular flexibility index (Phi) is 8.95. The molecule has 0 amide bonds. The van der Waals surface area contributed by atoms with E-state index in [0.717, 1.165) is 54.7 Å². The summed E-state index contributed by atoms with van der Waals surface area (Å²) in [6.07, 6.45) is 13.0. The fourth-order valence-electron chi connectivity index (χ4n) is 5.76. The molecule has 0 aliphatic heterocycles. The second-order valence-electron chi connectivity index (χ2n) is 8.91. The Bertz CT molecular complexity index is 428. The fourth-order valence-corrected chi connectivity index (χ4v) is 6.27. The smallest absolute Gasteiger partial charge is 0.166 e. The van der Waals surface area contributed by atoms with Gasteiger partial charge in [-0.1, -0.05) is 12.8 Å². The highest BCUT2D eigenvalue weighted by Gasteiger charge is 2.51. The van der Waals surface area contributed by atoms with Crippen LogP contribution in [0.2, 0.25) is 0 Å². The van der Waals surface area contributed by atoms with E-state index in [2.05, 4.69) is 10.6 Å². The molecule has 4 bridgehead atoms. The van der Waals surface area contributed by atoms with E-state index in [4.69, 9.17) is 33.3 Å². The average Bonchev–Trinajstić information content (AvgIpc) is 2.61. The van der Waals surface area contributed by atoms with E-state index in [9.17, 15) is 0 Å². The van der Waals surface area contributed by atoms with Gasteiger partial charge in [0, 0.05) is 24.6 Å². The molecule has 2 N–H and O–H groups in total. The minimum absolute atomic E-state index is 0.289. The Morgan fingerprint density at radius 2 is 1.44 bits per heavy atom. The van der Waals surface area contributed by atoms with Crippen molar-refractivity contribution >= 4 is 28.9 Å². The van der Waals surface area contributed by atoms with Gasteiger partial charge in [0.2, 0.25) is 0 Å². The van der Waals surface area contributed by atoms with E-state index in [1.807, 2.05) is 0 Å². The van der Waals surface area contributed by atoms with Gasteiger partial charge in [0.15, 0.2) is 5.11 Å². The number of alkyl halides is 1. The van der Waals surface area contributed by atoms with Crippen molar-refractivity contribution in [3.05, 3.63) is 0 Å².